The van der Waals surface area contributed by atoms with E-state index in [2.05, 4.69) is 10.4 Å². The van der Waals surface area contributed by atoms with Gasteiger partial charge in [0.2, 0.25) is 0 Å². The lowest BCUT2D eigenvalue weighted by atomic mass is 9.92. The average Bonchev–Trinajstić information content (AvgIpc) is 2.66. The first-order valence-electron chi connectivity index (χ1n) is 7.19. The van der Waals surface area contributed by atoms with Crippen LogP contribution in [0.25, 0.3) is 0 Å². The Morgan fingerprint density at radius 2 is 1.76 bits per heavy atom. The number of hydrogen-bond donors (Lipinski definition) is 2. The van der Waals surface area contributed by atoms with E-state index in [-0.39, 0.29) is 0 Å². The largest absolute Gasteiger partial charge is 0.379 e. The van der Waals surface area contributed by atoms with E-state index < -0.39 is 0 Å². The molecular weight excluding hydrogens is 214 g/mol. The minimum absolute atomic E-state index is 0.464. The van der Waals surface area contributed by atoms with Crippen LogP contribution in [0.2, 0.25) is 0 Å². The second-order valence-corrected chi connectivity index (χ2v) is 5.32. The summed E-state index contributed by atoms with van der Waals surface area (Å²) in [4.78, 5) is 0. The van der Waals surface area contributed by atoms with Crippen LogP contribution in [-0.4, -0.2) is 43.9 Å². The molecule has 0 bridgehead atoms. The fraction of sp³-hybridized carbons (Fsp3) is 1.00. The van der Waals surface area contributed by atoms with Crippen LogP contribution in [0.4, 0.5) is 0 Å². The van der Waals surface area contributed by atoms with E-state index in [1.807, 2.05) is 0 Å². The summed E-state index contributed by atoms with van der Waals surface area (Å²) in [5.41, 5.74) is 9.58. The highest BCUT2D eigenvalue weighted by Crippen LogP contribution is 2.25. The number of hydrazine groups is 1. The van der Waals surface area contributed by atoms with Crippen LogP contribution in [0.5, 0.6) is 0 Å². The molecule has 0 spiro atoms. The second kappa shape index (κ2) is 7.31. The Bertz CT molecular complexity index is 199. The lowest BCUT2D eigenvalue weighted by molar-refractivity contribution is -0.00194. The summed E-state index contributed by atoms with van der Waals surface area (Å²) in [6, 6.07) is 0.464. The van der Waals surface area contributed by atoms with E-state index in [9.17, 15) is 0 Å². The van der Waals surface area contributed by atoms with Gasteiger partial charge in [-0.25, -0.2) is 5.01 Å². The standard InChI is InChI=1S/C13H27N3O/c14-11-13(12-5-3-1-2-4-6-12)15-16-7-9-17-10-8-16/h12-13,15H,1-11,14H2. The molecule has 3 N–H and O–H groups in total. The normalized spacial score (nSPS) is 26.6. The highest BCUT2D eigenvalue weighted by Gasteiger charge is 2.23. The van der Waals surface area contributed by atoms with Crippen molar-refractivity contribution in [2.75, 3.05) is 32.8 Å². The first kappa shape index (κ1) is 13.3. The highest BCUT2D eigenvalue weighted by molar-refractivity contribution is 4.79. The molecule has 2 fully saturated rings. The molecule has 1 atom stereocenters. The molecule has 100 valence electrons. The van der Waals surface area contributed by atoms with Crippen LogP contribution in [-0.2, 0) is 4.74 Å². The van der Waals surface area contributed by atoms with Crippen LogP contribution < -0.4 is 11.2 Å². The van der Waals surface area contributed by atoms with Crippen molar-refractivity contribution in [2.24, 2.45) is 11.7 Å². The molecule has 0 aromatic rings. The molecule has 2 aliphatic rings. The van der Waals surface area contributed by atoms with Gasteiger partial charge in [0, 0.05) is 25.7 Å². The number of ether oxygens (including phenoxy) is 1. The third kappa shape index (κ3) is 4.21. The fourth-order valence-electron chi connectivity index (χ4n) is 2.99. The van der Waals surface area contributed by atoms with Crippen LogP contribution >= 0.6 is 0 Å². The SMILES string of the molecule is NCC(NN1CCOCC1)C1CCCCCC1. The van der Waals surface area contributed by atoms with Crippen molar-refractivity contribution < 1.29 is 4.74 Å². The van der Waals surface area contributed by atoms with Crippen LogP contribution in [0.3, 0.4) is 0 Å². The van der Waals surface area contributed by atoms with E-state index >= 15 is 0 Å². The predicted molar refractivity (Wildman–Crippen MR) is 69.6 cm³/mol. The van der Waals surface area contributed by atoms with Crippen LogP contribution in [0, 0.1) is 5.92 Å². The van der Waals surface area contributed by atoms with Crippen molar-refractivity contribution in [3.63, 3.8) is 0 Å². The monoisotopic (exact) mass is 241 g/mol. The summed E-state index contributed by atoms with van der Waals surface area (Å²) in [5, 5.41) is 2.30. The molecule has 2 rings (SSSR count). The van der Waals surface area contributed by atoms with Gasteiger partial charge in [0.05, 0.1) is 13.2 Å². The molecule has 1 saturated heterocycles. The number of nitrogens with one attached hydrogen (secondary N) is 1. The zero-order valence-corrected chi connectivity index (χ0v) is 10.9. The number of morpholine rings is 1. The van der Waals surface area contributed by atoms with E-state index in [4.69, 9.17) is 10.5 Å². The highest BCUT2D eigenvalue weighted by atomic mass is 16.5. The second-order valence-electron chi connectivity index (χ2n) is 5.32. The molecule has 0 amide bonds. The third-order valence-corrected chi connectivity index (χ3v) is 4.08. The smallest absolute Gasteiger partial charge is 0.0608 e. The maximum atomic E-state index is 5.95. The van der Waals surface area contributed by atoms with Crippen molar-refractivity contribution >= 4 is 0 Å². The molecule has 4 heteroatoms. The third-order valence-electron chi connectivity index (χ3n) is 4.08. The number of nitrogens with zero attached hydrogens (tertiary/aromatic N) is 1. The Hall–Kier alpha value is -0.160. The van der Waals surface area contributed by atoms with Crippen molar-refractivity contribution in [1.29, 1.82) is 0 Å². The molecule has 0 radical (unpaired) electrons. The van der Waals surface area contributed by atoms with Crippen LogP contribution in [0.1, 0.15) is 38.5 Å². The Morgan fingerprint density at radius 3 is 2.35 bits per heavy atom. The molecule has 4 nitrogen and oxygen atoms in total. The quantitative estimate of drug-likeness (QED) is 0.724. The van der Waals surface area contributed by atoms with E-state index in [0.29, 0.717) is 6.04 Å². The van der Waals surface area contributed by atoms with Crippen LogP contribution in [0.15, 0.2) is 0 Å². The van der Waals surface area contributed by atoms with Gasteiger partial charge in [-0.2, -0.15) is 0 Å². The Balaban J connectivity index is 1.81. The van der Waals surface area contributed by atoms with Gasteiger partial charge < -0.3 is 10.5 Å². The van der Waals surface area contributed by atoms with E-state index in [0.717, 1.165) is 38.8 Å². The van der Waals surface area contributed by atoms with Gasteiger partial charge in [-0.15, -0.1) is 0 Å². The van der Waals surface area contributed by atoms with Gasteiger partial charge >= 0.3 is 0 Å². The molecule has 1 saturated carbocycles. The Morgan fingerprint density at radius 1 is 1.12 bits per heavy atom. The molecule has 1 heterocycles. The summed E-state index contributed by atoms with van der Waals surface area (Å²) in [6.07, 6.45) is 8.27. The number of hydrogen-bond acceptors (Lipinski definition) is 4. The molecule has 1 aliphatic heterocycles. The van der Waals surface area contributed by atoms with Gasteiger partial charge in [0.25, 0.3) is 0 Å². The van der Waals surface area contributed by atoms with Crippen molar-refractivity contribution in [3.05, 3.63) is 0 Å². The molecule has 0 aromatic carbocycles. The van der Waals surface area contributed by atoms with E-state index in [1.54, 1.807) is 0 Å². The summed E-state index contributed by atoms with van der Waals surface area (Å²) in [5.74, 6) is 0.769. The predicted octanol–water partition coefficient (Wildman–Crippen LogP) is 1.12. The molecule has 17 heavy (non-hydrogen) atoms. The fourth-order valence-corrected chi connectivity index (χ4v) is 2.99. The Kier molecular flexibility index (Phi) is 5.71. The zero-order valence-electron chi connectivity index (χ0n) is 10.9. The van der Waals surface area contributed by atoms with Gasteiger partial charge in [-0.05, 0) is 18.8 Å². The lowest BCUT2D eigenvalue weighted by Gasteiger charge is -2.34. The number of rotatable bonds is 4. The minimum atomic E-state index is 0.464. The lowest BCUT2D eigenvalue weighted by Crippen LogP contribution is -2.54. The summed E-state index contributed by atoms with van der Waals surface area (Å²) < 4.78 is 5.37. The topological polar surface area (TPSA) is 50.5 Å². The van der Waals surface area contributed by atoms with E-state index in [1.165, 1.54) is 38.5 Å². The van der Waals surface area contributed by atoms with Crippen molar-refractivity contribution in [1.82, 2.24) is 10.4 Å². The molecule has 1 unspecified atom stereocenters. The maximum absolute atomic E-state index is 5.95. The molecular formula is C13H27N3O. The first-order chi connectivity index (χ1) is 8.40. The van der Waals surface area contributed by atoms with Crippen molar-refractivity contribution in [3.8, 4) is 0 Å². The van der Waals surface area contributed by atoms with Gasteiger partial charge in [0.1, 0.15) is 0 Å². The molecule has 0 aromatic heterocycles. The summed E-state index contributed by atoms with van der Waals surface area (Å²) in [7, 11) is 0. The van der Waals surface area contributed by atoms with Gasteiger partial charge in [0.15, 0.2) is 0 Å². The van der Waals surface area contributed by atoms with Crippen molar-refractivity contribution in [2.45, 2.75) is 44.6 Å². The molecule has 1 aliphatic carbocycles. The summed E-state index contributed by atoms with van der Waals surface area (Å²) in [6.45, 7) is 4.42. The van der Waals surface area contributed by atoms with Gasteiger partial charge in [-0.1, -0.05) is 25.7 Å². The Labute approximate surface area is 105 Å². The number of nitrogens with two attached hydrogens (primary N) is 1. The average molecular weight is 241 g/mol. The minimum Gasteiger partial charge on any atom is -0.379 e. The van der Waals surface area contributed by atoms with Gasteiger partial charge in [-0.3, -0.25) is 5.43 Å². The maximum Gasteiger partial charge on any atom is 0.0608 e. The summed E-state index contributed by atoms with van der Waals surface area (Å²) >= 11 is 0. The zero-order chi connectivity index (χ0) is 11.9. The first-order valence-corrected chi connectivity index (χ1v) is 7.19.